The maximum absolute atomic E-state index is 8.57. The van der Waals surface area contributed by atoms with Gasteiger partial charge in [0, 0.05) is 13.1 Å². The van der Waals surface area contributed by atoms with Crippen molar-refractivity contribution >= 4 is 5.82 Å². The van der Waals surface area contributed by atoms with Crippen LogP contribution >= 0.6 is 0 Å². The molecule has 0 spiro atoms. The minimum absolute atomic E-state index is 0.121. The standard InChI is InChI=1S/C6H11N3O/c1-7-6-2-3-8-9(6)4-5-10/h2-3,7,10H,4-5H2,1H3. The van der Waals surface area contributed by atoms with Crippen molar-refractivity contribution in [3.05, 3.63) is 12.3 Å². The van der Waals surface area contributed by atoms with Crippen LogP contribution in [-0.2, 0) is 6.54 Å². The van der Waals surface area contributed by atoms with Crippen LogP contribution < -0.4 is 5.32 Å². The van der Waals surface area contributed by atoms with Crippen molar-refractivity contribution in [1.29, 1.82) is 0 Å². The van der Waals surface area contributed by atoms with Gasteiger partial charge in [0.25, 0.3) is 0 Å². The van der Waals surface area contributed by atoms with Crippen molar-refractivity contribution in [3.8, 4) is 0 Å². The molecule has 56 valence electrons. The average molecular weight is 141 g/mol. The van der Waals surface area contributed by atoms with Gasteiger partial charge in [-0.1, -0.05) is 0 Å². The van der Waals surface area contributed by atoms with Crippen LogP contribution in [0.5, 0.6) is 0 Å². The highest BCUT2D eigenvalue weighted by molar-refractivity contribution is 5.32. The van der Waals surface area contributed by atoms with Gasteiger partial charge in [0.2, 0.25) is 0 Å². The van der Waals surface area contributed by atoms with Crippen molar-refractivity contribution in [3.63, 3.8) is 0 Å². The molecular weight excluding hydrogens is 130 g/mol. The molecule has 4 heteroatoms. The lowest BCUT2D eigenvalue weighted by atomic mass is 10.6. The number of aliphatic hydroxyl groups excluding tert-OH is 1. The zero-order valence-corrected chi connectivity index (χ0v) is 5.91. The molecule has 4 nitrogen and oxygen atoms in total. The Morgan fingerprint density at radius 2 is 2.60 bits per heavy atom. The van der Waals surface area contributed by atoms with E-state index < -0.39 is 0 Å². The van der Waals surface area contributed by atoms with E-state index in [2.05, 4.69) is 10.4 Å². The van der Waals surface area contributed by atoms with Crippen LogP contribution in [-0.4, -0.2) is 28.5 Å². The topological polar surface area (TPSA) is 50.1 Å². The maximum Gasteiger partial charge on any atom is 0.124 e. The first-order valence-electron chi connectivity index (χ1n) is 3.19. The Labute approximate surface area is 59.5 Å². The van der Waals surface area contributed by atoms with Crippen molar-refractivity contribution in [2.75, 3.05) is 19.0 Å². The molecule has 0 fully saturated rings. The zero-order valence-electron chi connectivity index (χ0n) is 5.91. The molecule has 0 unspecified atom stereocenters. The van der Waals surface area contributed by atoms with Crippen molar-refractivity contribution in [1.82, 2.24) is 9.78 Å². The van der Waals surface area contributed by atoms with Gasteiger partial charge >= 0.3 is 0 Å². The van der Waals surface area contributed by atoms with Crippen LogP contribution in [0, 0.1) is 0 Å². The minimum Gasteiger partial charge on any atom is -0.394 e. The van der Waals surface area contributed by atoms with Gasteiger partial charge in [-0.25, -0.2) is 4.68 Å². The van der Waals surface area contributed by atoms with E-state index in [4.69, 9.17) is 5.11 Å². The number of nitrogens with one attached hydrogen (secondary N) is 1. The molecule has 1 heterocycles. The van der Waals surface area contributed by atoms with Gasteiger partial charge in [0.15, 0.2) is 0 Å². The fraction of sp³-hybridized carbons (Fsp3) is 0.500. The van der Waals surface area contributed by atoms with E-state index >= 15 is 0 Å². The smallest absolute Gasteiger partial charge is 0.124 e. The molecule has 0 aromatic carbocycles. The molecule has 1 rings (SSSR count). The Bertz CT molecular complexity index is 197. The molecule has 0 bridgehead atoms. The first-order valence-corrected chi connectivity index (χ1v) is 3.19. The van der Waals surface area contributed by atoms with E-state index in [0.717, 1.165) is 5.82 Å². The monoisotopic (exact) mass is 141 g/mol. The fourth-order valence-corrected chi connectivity index (χ4v) is 0.818. The third-order valence-corrected chi connectivity index (χ3v) is 1.28. The van der Waals surface area contributed by atoms with E-state index in [1.807, 2.05) is 13.1 Å². The molecule has 1 aromatic heterocycles. The number of hydrogen-bond acceptors (Lipinski definition) is 3. The molecule has 0 saturated carbocycles. The summed E-state index contributed by atoms with van der Waals surface area (Å²) in [5.41, 5.74) is 0. The molecule has 10 heavy (non-hydrogen) atoms. The molecule has 0 saturated heterocycles. The molecular formula is C6H11N3O. The van der Waals surface area contributed by atoms with E-state index in [-0.39, 0.29) is 6.61 Å². The lowest BCUT2D eigenvalue weighted by Crippen LogP contribution is -2.07. The third kappa shape index (κ3) is 1.27. The largest absolute Gasteiger partial charge is 0.394 e. The molecule has 0 radical (unpaired) electrons. The predicted octanol–water partition coefficient (Wildman–Crippen LogP) is -0.0829. The summed E-state index contributed by atoms with van der Waals surface area (Å²) >= 11 is 0. The minimum atomic E-state index is 0.121. The van der Waals surface area contributed by atoms with Crippen LogP contribution in [0.15, 0.2) is 12.3 Å². The number of rotatable bonds is 3. The molecule has 0 amide bonds. The second-order valence-corrected chi connectivity index (χ2v) is 1.91. The summed E-state index contributed by atoms with van der Waals surface area (Å²) in [4.78, 5) is 0. The third-order valence-electron chi connectivity index (χ3n) is 1.28. The Kier molecular flexibility index (Phi) is 2.28. The quantitative estimate of drug-likeness (QED) is 0.619. The first kappa shape index (κ1) is 7.08. The summed E-state index contributed by atoms with van der Waals surface area (Å²) in [7, 11) is 1.82. The lowest BCUT2D eigenvalue weighted by molar-refractivity contribution is 0.270. The van der Waals surface area contributed by atoms with E-state index in [1.165, 1.54) is 0 Å². The summed E-state index contributed by atoms with van der Waals surface area (Å²) in [6.07, 6.45) is 1.70. The van der Waals surface area contributed by atoms with Crippen LogP contribution in [0.1, 0.15) is 0 Å². The van der Waals surface area contributed by atoms with Crippen molar-refractivity contribution in [2.45, 2.75) is 6.54 Å². The summed E-state index contributed by atoms with van der Waals surface area (Å²) < 4.78 is 1.71. The molecule has 1 aromatic rings. The number of aliphatic hydroxyl groups is 1. The number of aromatic nitrogens is 2. The second kappa shape index (κ2) is 3.22. The number of anilines is 1. The lowest BCUT2D eigenvalue weighted by Gasteiger charge is -2.02. The maximum atomic E-state index is 8.57. The van der Waals surface area contributed by atoms with Crippen LogP contribution in [0.25, 0.3) is 0 Å². The van der Waals surface area contributed by atoms with Crippen molar-refractivity contribution in [2.24, 2.45) is 0 Å². The Morgan fingerprint density at radius 3 is 3.20 bits per heavy atom. The number of hydrogen-bond donors (Lipinski definition) is 2. The molecule has 0 aliphatic heterocycles. The van der Waals surface area contributed by atoms with Gasteiger partial charge < -0.3 is 10.4 Å². The van der Waals surface area contributed by atoms with Gasteiger partial charge in [-0.3, -0.25) is 0 Å². The van der Waals surface area contributed by atoms with E-state index in [0.29, 0.717) is 6.54 Å². The van der Waals surface area contributed by atoms with Gasteiger partial charge in [0.05, 0.1) is 19.3 Å². The van der Waals surface area contributed by atoms with Gasteiger partial charge in [-0.2, -0.15) is 5.10 Å². The molecule has 0 aliphatic carbocycles. The van der Waals surface area contributed by atoms with Gasteiger partial charge in [-0.05, 0) is 0 Å². The van der Waals surface area contributed by atoms with Crippen LogP contribution in [0.4, 0.5) is 5.82 Å². The molecule has 0 aliphatic rings. The second-order valence-electron chi connectivity index (χ2n) is 1.91. The normalized spacial score (nSPS) is 9.80. The Balaban J connectivity index is 2.70. The van der Waals surface area contributed by atoms with Gasteiger partial charge in [0.1, 0.15) is 5.82 Å². The van der Waals surface area contributed by atoms with Crippen LogP contribution in [0.2, 0.25) is 0 Å². The SMILES string of the molecule is CNc1ccnn1CCO. The van der Waals surface area contributed by atoms with Gasteiger partial charge in [-0.15, -0.1) is 0 Å². The van der Waals surface area contributed by atoms with E-state index in [1.54, 1.807) is 10.9 Å². The Morgan fingerprint density at radius 1 is 1.80 bits per heavy atom. The summed E-state index contributed by atoms with van der Waals surface area (Å²) in [5.74, 6) is 0.925. The Hall–Kier alpha value is -1.03. The molecule has 2 N–H and O–H groups in total. The number of nitrogens with zero attached hydrogens (tertiary/aromatic N) is 2. The highest BCUT2D eigenvalue weighted by atomic mass is 16.3. The summed E-state index contributed by atoms with van der Waals surface area (Å²) in [5, 5.41) is 15.5. The predicted molar refractivity (Wildman–Crippen MR) is 38.9 cm³/mol. The summed E-state index contributed by atoms with van der Waals surface area (Å²) in [6.45, 7) is 0.666. The first-order chi connectivity index (χ1) is 4.88. The zero-order chi connectivity index (χ0) is 7.40. The molecule has 0 atom stereocenters. The average Bonchev–Trinajstić information content (AvgIpc) is 2.36. The highest BCUT2D eigenvalue weighted by Crippen LogP contribution is 2.02. The van der Waals surface area contributed by atoms with E-state index in [9.17, 15) is 0 Å². The highest BCUT2D eigenvalue weighted by Gasteiger charge is 1.96. The van der Waals surface area contributed by atoms with Crippen LogP contribution in [0.3, 0.4) is 0 Å². The van der Waals surface area contributed by atoms with Crippen molar-refractivity contribution < 1.29 is 5.11 Å². The fourth-order valence-electron chi connectivity index (χ4n) is 0.818. The summed E-state index contributed by atoms with van der Waals surface area (Å²) in [6, 6.07) is 1.86.